The van der Waals surface area contributed by atoms with E-state index in [1.807, 2.05) is 18.2 Å². The number of hydrogen-bond donors (Lipinski definition) is 1. The van der Waals surface area contributed by atoms with Gasteiger partial charge in [-0.1, -0.05) is 30.3 Å². The van der Waals surface area contributed by atoms with Crippen LogP contribution in [0.5, 0.6) is 0 Å². The van der Waals surface area contributed by atoms with Crippen LogP contribution in [0.15, 0.2) is 54.6 Å². The van der Waals surface area contributed by atoms with E-state index in [0.717, 1.165) is 13.1 Å². The quantitative estimate of drug-likeness (QED) is 0.905. The Balaban J connectivity index is 1.75. The third-order valence-corrected chi connectivity index (χ3v) is 4.07. The molecular formula is C17H18FNO. The zero-order valence-corrected chi connectivity index (χ0v) is 11.3. The van der Waals surface area contributed by atoms with Crippen LogP contribution in [-0.4, -0.2) is 18.2 Å². The van der Waals surface area contributed by atoms with Crippen LogP contribution in [-0.2, 0) is 5.60 Å². The molecule has 1 aliphatic heterocycles. The van der Waals surface area contributed by atoms with Crippen molar-refractivity contribution in [3.8, 4) is 0 Å². The molecule has 0 radical (unpaired) electrons. The second-order valence-electron chi connectivity index (χ2n) is 5.36. The van der Waals surface area contributed by atoms with Gasteiger partial charge < -0.3 is 10.0 Å². The van der Waals surface area contributed by atoms with Crippen LogP contribution in [0.25, 0.3) is 0 Å². The average Bonchev–Trinajstić information content (AvgIpc) is 2.49. The molecule has 1 heterocycles. The van der Waals surface area contributed by atoms with Crippen LogP contribution < -0.4 is 4.90 Å². The highest BCUT2D eigenvalue weighted by Crippen LogP contribution is 2.34. The monoisotopic (exact) mass is 271 g/mol. The molecule has 3 rings (SSSR count). The Hall–Kier alpha value is -1.87. The molecule has 104 valence electrons. The number of aliphatic hydroxyl groups is 1. The van der Waals surface area contributed by atoms with Crippen molar-refractivity contribution >= 4 is 5.69 Å². The molecule has 0 bridgehead atoms. The summed E-state index contributed by atoms with van der Waals surface area (Å²) in [7, 11) is 0. The summed E-state index contributed by atoms with van der Waals surface area (Å²) in [4.78, 5) is 2.26. The van der Waals surface area contributed by atoms with Gasteiger partial charge in [0.25, 0.3) is 0 Å². The second kappa shape index (κ2) is 5.25. The minimum atomic E-state index is -0.909. The van der Waals surface area contributed by atoms with Crippen molar-refractivity contribution in [2.75, 3.05) is 18.0 Å². The highest BCUT2D eigenvalue weighted by atomic mass is 19.1. The van der Waals surface area contributed by atoms with Gasteiger partial charge in [-0.3, -0.25) is 0 Å². The lowest BCUT2D eigenvalue weighted by atomic mass is 9.84. The van der Waals surface area contributed by atoms with Crippen LogP contribution in [0, 0.1) is 5.82 Å². The van der Waals surface area contributed by atoms with Gasteiger partial charge in [0.05, 0.1) is 5.60 Å². The molecule has 2 aromatic carbocycles. The molecule has 0 aliphatic carbocycles. The predicted octanol–water partition coefficient (Wildman–Crippen LogP) is 3.31. The summed E-state index contributed by atoms with van der Waals surface area (Å²) in [5, 5.41) is 10.7. The van der Waals surface area contributed by atoms with Gasteiger partial charge >= 0.3 is 0 Å². The molecule has 2 aromatic rings. The fourth-order valence-corrected chi connectivity index (χ4v) is 2.84. The van der Waals surface area contributed by atoms with Gasteiger partial charge in [-0.05, 0) is 42.7 Å². The highest BCUT2D eigenvalue weighted by Gasteiger charge is 2.34. The Morgan fingerprint density at radius 3 is 2.30 bits per heavy atom. The van der Waals surface area contributed by atoms with Gasteiger partial charge in [0.1, 0.15) is 5.82 Å². The van der Waals surface area contributed by atoms with Gasteiger partial charge in [0.15, 0.2) is 0 Å². The minimum Gasteiger partial charge on any atom is -0.385 e. The summed E-state index contributed by atoms with van der Waals surface area (Å²) in [5.41, 5.74) is 0.951. The Morgan fingerprint density at radius 1 is 0.950 bits per heavy atom. The van der Waals surface area contributed by atoms with Gasteiger partial charge in [-0.25, -0.2) is 4.39 Å². The van der Waals surface area contributed by atoms with Gasteiger partial charge in [-0.2, -0.15) is 0 Å². The Kier molecular flexibility index (Phi) is 3.45. The smallest absolute Gasteiger partial charge is 0.123 e. The van der Waals surface area contributed by atoms with Crippen LogP contribution in [0.3, 0.4) is 0 Å². The van der Waals surface area contributed by atoms with Crippen LogP contribution >= 0.6 is 0 Å². The molecule has 20 heavy (non-hydrogen) atoms. The van der Waals surface area contributed by atoms with Gasteiger partial charge in [-0.15, -0.1) is 0 Å². The van der Waals surface area contributed by atoms with E-state index in [4.69, 9.17) is 0 Å². The van der Waals surface area contributed by atoms with E-state index in [2.05, 4.69) is 17.0 Å². The zero-order chi connectivity index (χ0) is 14.0. The first-order chi connectivity index (χ1) is 9.67. The summed E-state index contributed by atoms with van der Waals surface area (Å²) >= 11 is 0. The van der Waals surface area contributed by atoms with Crippen molar-refractivity contribution in [2.24, 2.45) is 0 Å². The fourth-order valence-electron chi connectivity index (χ4n) is 2.84. The molecule has 0 atom stereocenters. The molecule has 1 saturated heterocycles. The Bertz CT molecular complexity index is 577. The molecule has 1 aliphatic rings. The lowest BCUT2D eigenvalue weighted by Crippen LogP contribution is -2.42. The molecular weight excluding hydrogens is 253 g/mol. The van der Waals surface area contributed by atoms with E-state index in [0.29, 0.717) is 18.4 Å². The number of rotatable bonds is 2. The lowest BCUT2D eigenvalue weighted by Gasteiger charge is -2.39. The third kappa shape index (κ3) is 2.54. The van der Waals surface area contributed by atoms with Gasteiger partial charge in [0, 0.05) is 18.8 Å². The fraction of sp³-hybridized carbons (Fsp3) is 0.294. The topological polar surface area (TPSA) is 23.5 Å². The van der Waals surface area contributed by atoms with E-state index in [1.54, 1.807) is 12.1 Å². The molecule has 0 spiro atoms. The van der Waals surface area contributed by atoms with E-state index in [-0.39, 0.29) is 5.82 Å². The lowest BCUT2D eigenvalue weighted by molar-refractivity contribution is 0.0115. The largest absolute Gasteiger partial charge is 0.385 e. The van der Waals surface area contributed by atoms with Crippen LogP contribution in [0.2, 0.25) is 0 Å². The molecule has 0 aromatic heterocycles. The van der Waals surface area contributed by atoms with Crippen molar-refractivity contribution in [1.82, 2.24) is 0 Å². The molecule has 1 fully saturated rings. The van der Waals surface area contributed by atoms with Crippen molar-refractivity contribution < 1.29 is 9.50 Å². The summed E-state index contributed by atoms with van der Waals surface area (Å²) in [5.74, 6) is -0.290. The SMILES string of the molecule is OC1(c2cccc(F)c2)CCN(c2ccccc2)CC1. The highest BCUT2D eigenvalue weighted by molar-refractivity contribution is 5.46. The van der Waals surface area contributed by atoms with Crippen molar-refractivity contribution in [2.45, 2.75) is 18.4 Å². The standard InChI is InChI=1S/C17H18FNO/c18-15-6-4-5-14(13-15)17(20)9-11-19(12-10-17)16-7-2-1-3-8-16/h1-8,13,20H,9-12H2. The van der Waals surface area contributed by atoms with Crippen molar-refractivity contribution in [3.63, 3.8) is 0 Å². The van der Waals surface area contributed by atoms with Crippen molar-refractivity contribution in [1.29, 1.82) is 0 Å². The summed E-state index contributed by atoms with van der Waals surface area (Å²) in [6, 6.07) is 16.5. The van der Waals surface area contributed by atoms with Crippen LogP contribution in [0.4, 0.5) is 10.1 Å². The summed E-state index contributed by atoms with van der Waals surface area (Å²) in [6.07, 6.45) is 1.23. The summed E-state index contributed by atoms with van der Waals surface area (Å²) < 4.78 is 13.3. The number of halogens is 1. The normalized spacial score (nSPS) is 18.0. The van der Waals surface area contributed by atoms with Gasteiger partial charge in [0.2, 0.25) is 0 Å². The number of hydrogen-bond acceptors (Lipinski definition) is 2. The Labute approximate surface area is 118 Å². The maximum absolute atomic E-state index is 13.3. The maximum atomic E-state index is 13.3. The van der Waals surface area contributed by atoms with E-state index < -0.39 is 5.60 Å². The minimum absolute atomic E-state index is 0.290. The van der Waals surface area contributed by atoms with Crippen molar-refractivity contribution in [3.05, 3.63) is 66.0 Å². The number of piperidine rings is 1. The zero-order valence-electron chi connectivity index (χ0n) is 11.3. The van der Waals surface area contributed by atoms with E-state index >= 15 is 0 Å². The number of anilines is 1. The first kappa shape index (κ1) is 13.1. The predicted molar refractivity (Wildman–Crippen MR) is 78.2 cm³/mol. The molecule has 0 amide bonds. The third-order valence-electron chi connectivity index (χ3n) is 4.07. The number of benzene rings is 2. The second-order valence-corrected chi connectivity index (χ2v) is 5.36. The Morgan fingerprint density at radius 2 is 1.65 bits per heavy atom. The van der Waals surface area contributed by atoms with E-state index in [9.17, 15) is 9.50 Å². The average molecular weight is 271 g/mol. The molecule has 3 heteroatoms. The molecule has 2 nitrogen and oxygen atoms in total. The first-order valence-corrected chi connectivity index (χ1v) is 6.96. The molecule has 0 saturated carbocycles. The first-order valence-electron chi connectivity index (χ1n) is 6.96. The number of para-hydroxylation sites is 1. The summed E-state index contributed by atoms with van der Waals surface area (Å²) in [6.45, 7) is 1.55. The maximum Gasteiger partial charge on any atom is 0.123 e. The van der Waals surface area contributed by atoms with E-state index in [1.165, 1.54) is 17.8 Å². The molecule has 0 unspecified atom stereocenters. The van der Waals surface area contributed by atoms with Crippen LogP contribution in [0.1, 0.15) is 18.4 Å². The molecule has 1 N–H and O–H groups in total. The number of nitrogens with zero attached hydrogens (tertiary/aromatic N) is 1.